The highest BCUT2D eigenvalue weighted by atomic mass is 14.9. The Bertz CT molecular complexity index is 346. The molecular weight excluding hydrogens is 218 g/mol. The summed E-state index contributed by atoms with van der Waals surface area (Å²) in [5.74, 6) is 1.02. The van der Waals surface area contributed by atoms with E-state index in [2.05, 4.69) is 56.4 Å². The molecule has 1 aliphatic carbocycles. The highest BCUT2D eigenvalue weighted by Crippen LogP contribution is 2.33. The first-order valence-electron chi connectivity index (χ1n) is 7.33. The molecule has 0 heterocycles. The third-order valence-electron chi connectivity index (χ3n) is 3.66. The maximum Gasteiger partial charge on any atom is 0.0325 e. The van der Waals surface area contributed by atoms with E-state index in [1.165, 1.54) is 37.8 Å². The van der Waals surface area contributed by atoms with E-state index in [1.807, 2.05) is 0 Å². The van der Waals surface area contributed by atoms with Gasteiger partial charge in [0.05, 0.1) is 0 Å². The van der Waals surface area contributed by atoms with Crippen LogP contribution in [0.25, 0.3) is 0 Å². The summed E-state index contributed by atoms with van der Waals surface area (Å²) in [5.41, 5.74) is 1.80. The van der Waals surface area contributed by atoms with Crippen LogP contribution >= 0.6 is 0 Å². The lowest BCUT2D eigenvalue weighted by Gasteiger charge is -2.27. The number of rotatable bonds is 6. The summed E-state index contributed by atoms with van der Waals surface area (Å²) in [6.45, 7) is 8.14. The number of nitrogens with one attached hydrogen (secondary N) is 1. The molecule has 0 radical (unpaired) electrons. The van der Waals surface area contributed by atoms with Crippen LogP contribution in [0.3, 0.4) is 0 Å². The molecule has 1 aromatic carbocycles. The van der Waals surface area contributed by atoms with Gasteiger partial charge in [0.2, 0.25) is 0 Å². The highest BCUT2D eigenvalue weighted by molar-refractivity contribution is 5.19. The second-order valence-corrected chi connectivity index (χ2v) is 6.91. The molecule has 0 bridgehead atoms. The van der Waals surface area contributed by atoms with Gasteiger partial charge in [-0.3, -0.25) is 0 Å². The van der Waals surface area contributed by atoms with Crippen LogP contribution in [0, 0.1) is 11.3 Å². The van der Waals surface area contributed by atoms with Gasteiger partial charge in [-0.15, -0.1) is 0 Å². The van der Waals surface area contributed by atoms with Gasteiger partial charge in [0.15, 0.2) is 0 Å². The Morgan fingerprint density at radius 1 is 1.17 bits per heavy atom. The molecule has 18 heavy (non-hydrogen) atoms. The predicted molar refractivity (Wildman–Crippen MR) is 78.6 cm³/mol. The molecule has 0 saturated heterocycles. The molecule has 1 nitrogen and oxygen atoms in total. The Morgan fingerprint density at radius 3 is 2.39 bits per heavy atom. The SMILES string of the molecule is CC(C)(C)CC(NCCC1CC1)c1ccccc1. The van der Waals surface area contributed by atoms with Crippen molar-refractivity contribution in [3.63, 3.8) is 0 Å². The first-order chi connectivity index (χ1) is 8.54. The highest BCUT2D eigenvalue weighted by Gasteiger charge is 2.23. The molecule has 0 amide bonds. The largest absolute Gasteiger partial charge is 0.310 e. The number of hydrogen-bond acceptors (Lipinski definition) is 1. The molecule has 100 valence electrons. The van der Waals surface area contributed by atoms with E-state index in [4.69, 9.17) is 0 Å². The van der Waals surface area contributed by atoms with Crippen LogP contribution in [0.15, 0.2) is 30.3 Å². The van der Waals surface area contributed by atoms with Gasteiger partial charge in [-0.05, 0) is 36.3 Å². The fourth-order valence-corrected chi connectivity index (χ4v) is 2.47. The lowest BCUT2D eigenvalue weighted by atomic mass is 9.85. The zero-order valence-corrected chi connectivity index (χ0v) is 12.1. The summed E-state index contributed by atoms with van der Waals surface area (Å²) in [4.78, 5) is 0. The quantitative estimate of drug-likeness (QED) is 0.775. The molecule has 0 aromatic heterocycles. The van der Waals surface area contributed by atoms with Crippen LogP contribution in [-0.4, -0.2) is 6.54 Å². The van der Waals surface area contributed by atoms with E-state index >= 15 is 0 Å². The van der Waals surface area contributed by atoms with E-state index < -0.39 is 0 Å². The Labute approximate surface area is 112 Å². The van der Waals surface area contributed by atoms with Gasteiger partial charge in [-0.25, -0.2) is 0 Å². The molecule has 1 unspecified atom stereocenters. The van der Waals surface area contributed by atoms with Crippen LogP contribution in [0.5, 0.6) is 0 Å². The molecule has 1 fully saturated rings. The van der Waals surface area contributed by atoms with Crippen molar-refractivity contribution < 1.29 is 0 Å². The standard InChI is InChI=1S/C17H27N/c1-17(2,3)13-16(15-7-5-4-6-8-15)18-12-11-14-9-10-14/h4-8,14,16,18H,9-13H2,1-3H3. The van der Waals surface area contributed by atoms with Crippen molar-refractivity contribution in [2.45, 2.75) is 52.5 Å². The zero-order valence-electron chi connectivity index (χ0n) is 12.1. The van der Waals surface area contributed by atoms with Crippen molar-refractivity contribution in [1.29, 1.82) is 0 Å². The van der Waals surface area contributed by atoms with Gasteiger partial charge in [0.25, 0.3) is 0 Å². The van der Waals surface area contributed by atoms with Crippen molar-refractivity contribution in [2.24, 2.45) is 11.3 Å². The van der Waals surface area contributed by atoms with Gasteiger partial charge in [0.1, 0.15) is 0 Å². The molecule has 2 rings (SSSR count). The minimum atomic E-state index is 0.368. The van der Waals surface area contributed by atoms with Crippen molar-refractivity contribution in [3.05, 3.63) is 35.9 Å². The number of benzene rings is 1. The second-order valence-electron chi connectivity index (χ2n) is 6.91. The van der Waals surface area contributed by atoms with E-state index in [0.29, 0.717) is 11.5 Å². The van der Waals surface area contributed by atoms with Gasteiger partial charge in [-0.1, -0.05) is 63.9 Å². The van der Waals surface area contributed by atoms with E-state index in [-0.39, 0.29) is 0 Å². The topological polar surface area (TPSA) is 12.0 Å². The van der Waals surface area contributed by atoms with Crippen molar-refractivity contribution in [1.82, 2.24) is 5.32 Å². The van der Waals surface area contributed by atoms with Crippen LogP contribution in [0.1, 0.15) is 58.1 Å². The van der Waals surface area contributed by atoms with Crippen LogP contribution < -0.4 is 5.32 Å². The summed E-state index contributed by atoms with van der Waals surface area (Å²) >= 11 is 0. The molecule has 0 spiro atoms. The van der Waals surface area contributed by atoms with Gasteiger partial charge >= 0.3 is 0 Å². The Balaban J connectivity index is 1.92. The first-order valence-corrected chi connectivity index (χ1v) is 7.33. The summed E-state index contributed by atoms with van der Waals surface area (Å²) in [6.07, 6.45) is 5.46. The molecule has 1 atom stereocenters. The lowest BCUT2D eigenvalue weighted by Crippen LogP contribution is -2.26. The molecule has 1 aliphatic rings. The fraction of sp³-hybridized carbons (Fsp3) is 0.647. The molecule has 1 heteroatoms. The maximum absolute atomic E-state index is 3.76. The molecule has 1 N–H and O–H groups in total. The molecular formula is C17H27N. The van der Waals surface area contributed by atoms with Crippen molar-refractivity contribution >= 4 is 0 Å². The van der Waals surface area contributed by atoms with Gasteiger partial charge in [0, 0.05) is 6.04 Å². The smallest absolute Gasteiger partial charge is 0.0325 e. The van der Waals surface area contributed by atoms with Crippen molar-refractivity contribution in [2.75, 3.05) is 6.54 Å². The van der Waals surface area contributed by atoms with Gasteiger partial charge in [-0.2, -0.15) is 0 Å². The van der Waals surface area contributed by atoms with E-state index in [0.717, 1.165) is 5.92 Å². The van der Waals surface area contributed by atoms with Crippen LogP contribution in [0.2, 0.25) is 0 Å². The summed E-state index contributed by atoms with van der Waals surface area (Å²) in [6, 6.07) is 11.4. The lowest BCUT2D eigenvalue weighted by molar-refractivity contribution is 0.309. The normalized spacial score (nSPS) is 17.7. The van der Waals surface area contributed by atoms with Crippen molar-refractivity contribution in [3.8, 4) is 0 Å². The van der Waals surface area contributed by atoms with E-state index in [1.54, 1.807) is 0 Å². The predicted octanol–water partition coefficient (Wildman–Crippen LogP) is 4.55. The average Bonchev–Trinajstić information content (AvgIpc) is 3.11. The van der Waals surface area contributed by atoms with Crippen LogP contribution in [-0.2, 0) is 0 Å². The van der Waals surface area contributed by atoms with E-state index in [9.17, 15) is 0 Å². The third-order valence-corrected chi connectivity index (χ3v) is 3.66. The Morgan fingerprint density at radius 2 is 1.83 bits per heavy atom. The Kier molecular flexibility index (Phi) is 4.45. The minimum absolute atomic E-state index is 0.368. The maximum atomic E-state index is 3.76. The number of hydrogen-bond donors (Lipinski definition) is 1. The summed E-state index contributed by atoms with van der Waals surface area (Å²) in [5, 5.41) is 3.76. The second kappa shape index (κ2) is 5.88. The monoisotopic (exact) mass is 245 g/mol. The molecule has 1 aromatic rings. The summed E-state index contributed by atoms with van der Waals surface area (Å²) < 4.78 is 0. The molecule has 1 saturated carbocycles. The fourth-order valence-electron chi connectivity index (χ4n) is 2.47. The first kappa shape index (κ1) is 13.6. The Hall–Kier alpha value is -0.820. The average molecular weight is 245 g/mol. The van der Waals surface area contributed by atoms with Crippen LogP contribution in [0.4, 0.5) is 0 Å². The molecule has 0 aliphatic heterocycles. The zero-order chi connectivity index (χ0) is 13.0. The van der Waals surface area contributed by atoms with Gasteiger partial charge < -0.3 is 5.32 Å². The third kappa shape index (κ3) is 4.81. The minimum Gasteiger partial charge on any atom is -0.310 e. The summed E-state index contributed by atoms with van der Waals surface area (Å²) in [7, 11) is 0.